The van der Waals surface area contributed by atoms with Crippen LogP contribution in [0.5, 0.6) is 0 Å². The van der Waals surface area contributed by atoms with Crippen LogP contribution in [0.2, 0.25) is 0 Å². The van der Waals surface area contributed by atoms with E-state index in [9.17, 15) is 9.59 Å². The predicted octanol–water partition coefficient (Wildman–Crippen LogP) is 1.85. The molecule has 0 unspecified atom stereocenters. The van der Waals surface area contributed by atoms with E-state index in [2.05, 4.69) is 10.3 Å². The number of nitrogens with zero attached hydrogens (tertiary/aromatic N) is 2. The van der Waals surface area contributed by atoms with Crippen molar-refractivity contribution in [1.82, 2.24) is 14.9 Å². The van der Waals surface area contributed by atoms with Crippen molar-refractivity contribution in [2.45, 2.75) is 33.7 Å². The summed E-state index contributed by atoms with van der Waals surface area (Å²) in [5.74, 6) is -0.319. The first-order valence-corrected chi connectivity index (χ1v) is 7.43. The predicted molar refractivity (Wildman–Crippen MR) is 86.1 cm³/mol. The van der Waals surface area contributed by atoms with Gasteiger partial charge >= 0.3 is 0 Å². The van der Waals surface area contributed by atoms with E-state index in [4.69, 9.17) is 0 Å². The molecule has 22 heavy (non-hydrogen) atoms. The Labute approximate surface area is 130 Å². The number of aromatic nitrogens is 2. The minimum atomic E-state index is -0.319. The Kier molecular flexibility index (Phi) is 5.09. The molecule has 0 bridgehead atoms. The Morgan fingerprint density at radius 3 is 2.73 bits per heavy atom. The topological polar surface area (TPSA) is 64.0 Å². The van der Waals surface area contributed by atoms with Crippen LogP contribution in [-0.2, 0) is 13.0 Å². The number of pyridine rings is 2. The van der Waals surface area contributed by atoms with Crippen LogP contribution in [0.4, 0.5) is 0 Å². The maximum Gasteiger partial charge on any atom is 0.263 e. The van der Waals surface area contributed by atoms with Crippen molar-refractivity contribution in [1.29, 1.82) is 0 Å². The number of aryl methyl sites for hydroxylation is 2. The minimum Gasteiger partial charge on any atom is -0.351 e. The van der Waals surface area contributed by atoms with Crippen molar-refractivity contribution in [2.24, 2.45) is 0 Å². The lowest BCUT2D eigenvalue weighted by molar-refractivity contribution is 0.0951. The zero-order valence-electron chi connectivity index (χ0n) is 13.2. The molecule has 1 amide bonds. The van der Waals surface area contributed by atoms with E-state index in [-0.39, 0.29) is 17.0 Å². The van der Waals surface area contributed by atoms with E-state index in [0.29, 0.717) is 25.1 Å². The Morgan fingerprint density at radius 1 is 1.32 bits per heavy atom. The number of rotatable bonds is 5. The number of hydrogen-bond donors (Lipinski definition) is 1. The molecule has 5 heteroatoms. The van der Waals surface area contributed by atoms with E-state index >= 15 is 0 Å². The highest BCUT2D eigenvalue weighted by atomic mass is 16.2. The summed E-state index contributed by atoms with van der Waals surface area (Å²) in [4.78, 5) is 28.9. The Balaban J connectivity index is 2.12. The summed E-state index contributed by atoms with van der Waals surface area (Å²) in [6.07, 6.45) is 2.36. The summed E-state index contributed by atoms with van der Waals surface area (Å²) < 4.78 is 1.61. The molecule has 1 N–H and O–H groups in total. The number of carbonyl (C=O) groups excluding carboxylic acids is 1. The molecular weight excluding hydrogens is 278 g/mol. The molecule has 0 aromatic carbocycles. The highest BCUT2D eigenvalue weighted by Gasteiger charge is 2.16. The highest BCUT2D eigenvalue weighted by Crippen LogP contribution is 2.06. The van der Waals surface area contributed by atoms with Gasteiger partial charge < -0.3 is 9.88 Å². The van der Waals surface area contributed by atoms with Crippen LogP contribution in [0.1, 0.15) is 34.2 Å². The molecule has 2 heterocycles. The average molecular weight is 299 g/mol. The van der Waals surface area contributed by atoms with Crippen LogP contribution in [0.25, 0.3) is 0 Å². The third kappa shape index (κ3) is 3.42. The van der Waals surface area contributed by atoms with Crippen molar-refractivity contribution >= 4 is 5.91 Å². The van der Waals surface area contributed by atoms with Gasteiger partial charge in [-0.15, -0.1) is 0 Å². The largest absolute Gasteiger partial charge is 0.351 e. The highest BCUT2D eigenvalue weighted by molar-refractivity contribution is 5.95. The molecule has 0 atom stereocenters. The summed E-state index contributed by atoms with van der Waals surface area (Å²) in [6, 6.07) is 7.55. The van der Waals surface area contributed by atoms with Crippen LogP contribution in [-0.4, -0.2) is 22.0 Å². The molecule has 0 spiro atoms. The first kappa shape index (κ1) is 15.9. The van der Waals surface area contributed by atoms with E-state index in [1.54, 1.807) is 17.7 Å². The van der Waals surface area contributed by atoms with Gasteiger partial charge in [-0.3, -0.25) is 14.6 Å². The molecule has 0 radical (unpaired) electrons. The van der Waals surface area contributed by atoms with Gasteiger partial charge in [0.2, 0.25) is 0 Å². The number of amides is 1. The third-order valence-corrected chi connectivity index (χ3v) is 3.64. The standard InChI is InChI=1S/C17H21N3O2/c1-4-20-13(3)11-12(2)15(17(20)22)16(21)19-10-8-14-7-5-6-9-18-14/h5-7,9,11H,4,8,10H2,1-3H3,(H,19,21). The zero-order valence-corrected chi connectivity index (χ0v) is 13.2. The Bertz CT molecular complexity index is 721. The van der Waals surface area contributed by atoms with Crippen LogP contribution in [0.15, 0.2) is 35.3 Å². The lowest BCUT2D eigenvalue weighted by Gasteiger charge is -2.12. The fourth-order valence-corrected chi connectivity index (χ4v) is 2.53. The van der Waals surface area contributed by atoms with Crippen molar-refractivity contribution in [3.05, 3.63) is 63.3 Å². The van der Waals surface area contributed by atoms with E-state index in [1.807, 2.05) is 38.1 Å². The lowest BCUT2D eigenvalue weighted by Crippen LogP contribution is -2.35. The second-order valence-corrected chi connectivity index (χ2v) is 5.22. The summed E-state index contributed by atoms with van der Waals surface area (Å²) in [7, 11) is 0. The van der Waals surface area contributed by atoms with Gasteiger partial charge in [-0.2, -0.15) is 0 Å². The molecule has 0 aliphatic rings. The van der Waals surface area contributed by atoms with Gasteiger partial charge in [-0.1, -0.05) is 6.07 Å². The molecule has 0 aliphatic heterocycles. The molecule has 116 valence electrons. The zero-order chi connectivity index (χ0) is 16.1. The summed E-state index contributed by atoms with van der Waals surface area (Å²) in [6.45, 7) is 6.57. The van der Waals surface area contributed by atoms with Crippen molar-refractivity contribution in [3.63, 3.8) is 0 Å². The van der Waals surface area contributed by atoms with Crippen molar-refractivity contribution in [3.8, 4) is 0 Å². The van der Waals surface area contributed by atoms with Gasteiger partial charge in [-0.25, -0.2) is 0 Å². The maximum atomic E-state index is 12.4. The normalized spacial score (nSPS) is 10.5. The fourth-order valence-electron chi connectivity index (χ4n) is 2.53. The monoisotopic (exact) mass is 299 g/mol. The quantitative estimate of drug-likeness (QED) is 0.916. The van der Waals surface area contributed by atoms with Crippen molar-refractivity contribution in [2.75, 3.05) is 6.54 Å². The second kappa shape index (κ2) is 7.02. The van der Waals surface area contributed by atoms with E-state index in [1.165, 1.54) is 0 Å². The number of carbonyl (C=O) groups is 1. The number of nitrogens with one attached hydrogen (secondary N) is 1. The van der Waals surface area contributed by atoms with Gasteiger partial charge in [0.25, 0.3) is 11.5 Å². The lowest BCUT2D eigenvalue weighted by atomic mass is 10.1. The second-order valence-electron chi connectivity index (χ2n) is 5.22. The molecule has 0 aliphatic carbocycles. The Morgan fingerprint density at radius 2 is 2.09 bits per heavy atom. The van der Waals surface area contributed by atoms with Crippen LogP contribution in [0.3, 0.4) is 0 Å². The fraction of sp³-hybridized carbons (Fsp3) is 0.353. The van der Waals surface area contributed by atoms with E-state index in [0.717, 1.165) is 11.4 Å². The third-order valence-electron chi connectivity index (χ3n) is 3.64. The molecule has 2 aromatic rings. The van der Waals surface area contributed by atoms with Crippen LogP contribution < -0.4 is 10.9 Å². The van der Waals surface area contributed by atoms with Gasteiger partial charge in [0.1, 0.15) is 5.56 Å². The molecule has 2 rings (SSSR count). The minimum absolute atomic E-state index is 0.227. The summed E-state index contributed by atoms with van der Waals surface area (Å²) >= 11 is 0. The molecule has 0 fully saturated rings. The molecule has 2 aromatic heterocycles. The van der Waals surface area contributed by atoms with Gasteiger partial charge in [0.05, 0.1) is 0 Å². The maximum absolute atomic E-state index is 12.4. The smallest absolute Gasteiger partial charge is 0.263 e. The first-order chi connectivity index (χ1) is 10.5. The van der Waals surface area contributed by atoms with Crippen LogP contribution in [0, 0.1) is 13.8 Å². The number of hydrogen-bond acceptors (Lipinski definition) is 3. The molecular formula is C17H21N3O2. The van der Waals surface area contributed by atoms with Crippen molar-refractivity contribution < 1.29 is 4.79 Å². The van der Waals surface area contributed by atoms with Crippen LogP contribution >= 0.6 is 0 Å². The average Bonchev–Trinajstić information content (AvgIpc) is 2.48. The first-order valence-electron chi connectivity index (χ1n) is 7.43. The summed E-state index contributed by atoms with van der Waals surface area (Å²) in [5.41, 5.74) is 2.50. The van der Waals surface area contributed by atoms with Gasteiger partial charge in [-0.05, 0) is 44.5 Å². The summed E-state index contributed by atoms with van der Waals surface area (Å²) in [5, 5.41) is 2.81. The SMILES string of the molecule is CCn1c(C)cc(C)c(C(=O)NCCc2ccccn2)c1=O. The molecule has 0 saturated carbocycles. The van der Waals surface area contributed by atoms with Gasteiger partial charge in [0.15, 0.2) is 0 Å². The molecule has 5 nitrogen and oxygen atoms in total. The van der Waals surface area contributed by atoms with E-state index < -0.39 is 0 Å². The molecule has 0 saturated heterocycles. The van der Waals surface area contributed by atoms with Gasteiger partial charge in [0, 0.05) is 37.1 Å². The Hall–Kier alpha value is -2.43.